The van der Waals surface area contributed by atoms with E-state index in [1.54, 1.807) is 0 Å². The lowest BCUT2D eigenvalue weighted by Crippen LogP contribution is -2.31. The van der Waals surface area contributed by atoms with Gasteiger partial charge in [-0.2, -0.15) is 0 Å². The Kier molecular flexibility index (Phi) is 5.96. The molecule has 0 aromatic carbocycles. The summed E-state index contributed by atoms with van der Waals surface area (Å²) in [5.41, 5.74) is 0. The summed E-state index contributed by atoms with van der Waals surface area (Å²) >= 11 is 1.86. The highest BCUT2D eigenvalue weighted by atomic mass is 32.1. The predicted molar refractivity (Wildman–Crippen MR) is 69.5 cm³/mol. The molecule has 86 valence electrons. The number of hydrogen-bond donors (Lipinski definition) is 1. The molecule has 0 spiro atoms. The number of hydrogen-bond acceptors (Lipinski definition) is 2. The summed E-state index contributed by atoms with van der Waals surface area (Å²) in [5, 5.41) is 5.93. The molecule has 1 heterocycles. The topological polar surface area (TPSA) is 12.0 Å². The smallest absolute Gasteiger partial charge is 0.0414 e. The molecular formula is C13H23NS. The molecule has 1 N–H and O–H groups in total. The van der Waals surface area contributed by atoms with E-state index in [1.165, 1.54) is 30.6 Å². The van der Waals surface area contributed by atoms with Crippen molar-refractivity contribution in [1.29, 1.82) is 0 Å². The largest absolute Gasteiger partial charge is 0.306 e. The van der Waals surface area contributed by atoms with E-state index in [9.17, 15) is 0 Å². The maximum absolute atomic E-state index is 3.77. The van der Waals surface area contributed by atoms with Gasteiger partial charge in [0, 0.05) is 17.0 Å². The van der Waals surface area contributed by atoms with Crippen molar-refractivity contribution in [2.45, 2.75) is 58.5 Å². The predicted octanol–water partition coefficient (Wildman–Crippen LogP) is 4.37. The van der Waals surface area contributed by atoms with Crippen LogP contribution in [0, 0.1) is 0 Å². The highest BCUT2D eigenvalue weighted by Crippen LogP contribution is 2.23. The van der Waals surface area contributed by atoms with Crippen molar-refractivity contribution < 1.29 is 0 Å². The van der Waals surface area contributed by atoms with E-state index in [1.807, 2.05) is 11.3 Å². The van der Waals surface area contributed by atoms with Crippen molar-refractivity contribution in [3.8, 4) is 0 Å². The first kappa shape index (κ1) is 12.7. The van der Waals surface area contributed by atoms with E-state index in [4.69, 9.17) is 0 Å². The summed E-state index contributed by atoms with van der Waals surface area (Å²) < 4.78 is 0. The fraction of sp³-hybridized carbons (Fsp3) is 0.692. The Morgan fingerprint density at radius 1 is 1.27 bits per heavy atom. The molecule has 2 heteroatoms. The fourth-order valence-corrected chi connectivity index (χ4v) is 2.80. The molecule has 0 saturated heterocycles. The summed E-state index contributed by atoms with van der Waals surface area (Å²) in [4.78, 5) is 1.48. The van der Waals surface area contributed by atoms with Crippen molar-refractivity contribution in [2.24, 2.45) is 0 Å². The Hall–Kier alpha value is -0.340. The first-order valence-corrected chi connectivity index (χ1v) is 6.99. The maximum atomic E-state index is 3.77. The maximum Gasteiger partial charge on any atom is 0.0414 e. The second kappa shape index (κ2) is 7.02. The monoisotopic (exact) mass is 225 g/mol. The summed E-state index contributed by atoms with van der Waals surface area (Å²) in [7, 11) is 0. The molecule has 0 bridgehead atoms. The third-order valence-corrected chi connectivity index (χ3v) is 3.85. The van der Waals surface area contributed by atoms with Crippen LogP contribution in [-0.4, -0.2) is 6.04 Å². The minimum absolute atomic E-state index is 0.557. The van der Waals surface area contributed by atoms with E-state index in [0.29, 0.717) is 12.1 Å². The lowest BCUT2D eigenvalue weighted by molar-refractivity contribution is 0.398. The summed E-state index contributed by atoms with van der Waals surface area (Å²) in [6.45, 7) is 6.79. The summed E-state index contributed by atoms with van der Waals surface area (Å²) in [6.07, 6.45) is 4.97. The molecule has 0 radical (unpaired) electrons. The van der Waals surface area contributed by atoms with Crippen LogP contribution in [0.1, 0.15) is 57.4 Å². The molecule has 2 unspecified atom stereocenters. The highest BCUT2D eigenvalue weighted by Gasteiger charge is 2.14. The summed E-state index contributed by atoms with van der Waals surface area (Å²) in [6, 6.07) is 5.62. The normalized spacial score (nSPS) is 15.1. The van der Waals surface area contributed by atoms with Gasteiger partial charge in [0.25, 0.3) is 0 Å². The van der Waals surface area contributed by atoms with Crippen LogP contribution in [0.2, 0.25) is 0 Å². The van der Waals surface area contributed by atoms with Crippen LogP contribution >= 0.6 is 11.3 Å². The van der Waals surface area contributed by atoms with Gasteiger partial charge in [-0.05, 0) is 30.7 Å². The van der Waals surface area contributed by atoms with E-state index in [0.717, 1.165) is 0 Å². The second-order valence-electron chi connectivity index (χ2n) is 4.04. The Balaban J connectivity index is 2.52. The highest BCUT2D eigenvalue weighted by molar-refractivity contribution is 7.10. The van der Waals surface area contributed by atoms with E-state index >= 15 is 0 Å². The van der Waals surface area contributed by atoms with Gasteiger partial charge in [-0.3, -0.25) is 0 Å². The van der Waals surface area contributed by atoms with Crippen molar-refractivity contribution in [3.05, 3.63) is 22.4 Å². The Morgan fingerprint density at radius 3 is 2.53 bits per heavy atom. The molecule has 0 fully saturated rings. The van der Waals surface area contributed by atoms with Crippen molar-refractivity contribution in [3.63, 3.8) is 0 Å². The van der Waals surface area contributed by atoms with Gasteiger partial charge in [0.05, 0.1) is 0 Å². The minimum atomic E-state index is 0.557. The molecule has 0 aliphatic rings. The lowest BCUT2D eigenvalue weighted by atomic mass is 10.1. The molecule has 1 aromatic rings. The number of rotatable bonds is 7. The first-order chi connectivity index (χ1) is 7.31. The van der Waals surface area contributed by atoms with Crippen LogP contribution in [0.15, 0.2) is 17.5 Å². The Morgan fingerprint density at radius 2 is 2.07 bits per heavy atom. The molecule has 2 atom stereocenters. The SMILES string of the molecule is CCCC(CC)NC(CC)c1cccs1. The number of nitrogens with one attached hydrogen (secondary N) is 1. The quantitative estimate of drug-likeness (QED) is 0.726. The molecule has 0 saturated carbocycles. The molecular weight excluding hydrogens is 202 g/mol. The average molecular weight is 225 g/mol. The van der Waals surface area contributed by atoms with Crippen LogP contribution in [0.4, 0.5) is 0 Å². The van der Waals surface area contributed by atoms with E-state index in [2.05, 4.69) is 43.6 Å². The van der Waals surface area contributed by atoms with Crippen LogP contribution in [0.5, 0.6) is 0 Å². The van der Waals surface area contributed by atoms with Crippen molar-refractivity contribution >= 4 is 11.3 Å². The Bertz CT molecular complexity index is 243. The minimum Gasteiger partial charge on any atom is -0.306 e. The lowest BCUT2D eigenvalue weighted by Gasteiger charge is -2.23. The van der Waals surface area contributed by atoms with Crippen LogP contribution < -0.4 is 5.32 Å². The van der Waals surface area contributed by atoms with Crippen molar-refractivity contribution in [1.82, 2.24) is 5.32 Å². The third-order valence-electron chi connectivity index (χ3n) is 2.86. The molecule has 15 heavy (non-hydrogen) atoms. The van der Waals surface area contributed by atoms with E-state index in [-0.39, 0.29) is 0 Å². The van der Waals surface area contributed by atoms with E-state index < -0.39 is 0 Å². The molecule has 0 amide bonds. The van der Waals surface area contributed by atoms with Gasteiger partial charge in [0.15, 0.2) is 0 Å². The van der Waals surface area contributed by atoms with Gasteiger partial charge in [0.1, 0.15) is 0 Å². The molecule has 0 aliphatic carbocycles. The second-order valence-corrected chi connectivity index (χ2v) is 5.02. The molecule has 1 nitrogen and oxygen atoms in total. The Labute approximate surface area is 97.9 Å². The summed E-state index contributed by atoms with van der Waals surface area (Å²) in [5.74, 6) is 0. The zero-order chi connectivity index (χ0) is 11.1. The van der Waals surface area contributed by atoms with Crippen LogP contribution in [-0.2, 0) is 0 Å². The fourth-order valence-electron chi connectivity index (χ4n) is 1.93. The van der Waals surface area contributed by atoms with Gasteiger partial charge in [0.2, 0.25) is 0 Å². The molecule has 0 aliphatic heterocycles. The zero-order valence-corrected chi connectivity index (χ0v) is 10.9. The van der Waals surface area contributed by atoms with Gasteiger partial charge >= 0.3 is 0 Å². The first-order valence-electron chi connectivity index (χ1n) is 6.11. The van der Waals surface area contributed by atoms with Gasteiger partial charge < -0.3 is 5.32 Å². The van der Waals surface area contributed by atoms with Gasteiger partial charge in [-0.15, -0.1) is 11.3 Å². The van der Waals surface area contributed by atoms with Crippen LogP contribution in [0.25, 0.3) is 0 Å². The van der Waals surface area contributed by atoms with Crippen molar-refractivity contribution in [2.75, 3.05) is 0 Å². The van der Waals surface area contributed by atoms with Gasteiger partial charge in [-0.25, -0.2) is 0 Å². The van der Waals surface area contributed by atoms with Gasteiger partial charge in [-0.1, -0.05) is 33.3 Å². The standard InChI is InChI=1S/C13H23NS/c1-4-8-11(5-2)14-12(6-3)13-9-7-10-15-13/h7,9-12,14H,4-6,8H2,1-3H3. The zero-order valence-electron chi connectivity index (χ0n) is 10.1. The average Bonchev–Trinajstić information content (AvgIpc) is 2.77. The molecule has 1 aromatic heterocycles. The van der Waals surface area contributed by atoms with Crippen LogP contribution in [0.3, 0.4) is 0 Å². The number of thiophene rings is 1. The molecule has 1 rings (SSSR count). The third kappa shape index (κ3) is 3.96.